The molecular weight excluding hydrogens is 351 g/mol. The summed E-state index contributed by atoms with van der Waals surface area (Å²) in [6.45, 7) is 2.83. The summed E-state index contributed by atoms with van der Waals surface area (Å²) >= 11 is 12.1. The van der Waals surface area contributed by atoms with E-state index in [4.69, 9.17) is 28.2 Å². The molecule has 1 aromatic heterocycles. The summed E-state index contributed by atoms with van der Waals surface area (Å²) in [5, 5.41) is 1.47. The van der Waals surface area contributed by atoms with Crippen LogP contribution in [0.1, 0.15) is 11.1 Å². The van der Waals surface area contributed by atoms with Gasteiger partial charge < -0.3 is 4.57 Å². The van der Waals surface area contributed by atoms with Crippen molar-refractivity contribution in [2.24, 2.45) is 0 Å². The number of imidazole rings is 1. The fourth-order valence-electron chi connectivity index (χ4n) is 2.98. The number of hydrogen-bond donors (Lipinski definition) is 0. The van der Waals surface area contributed by atoms with Gasteiger partial charge in [0, 0.05) is 22.2 Å². The average Bonchev–Trinajstić information content (AvgIpc) is 2.95. The van der Waals surface area contributed by atoms with Crippen molar-refractivity contribution in [1.82, 2.24) is 9.55 Å². The molecule has 1 heterocycles. The molecule has 0 aliphatic carbocycles. The summed E-state index contributed by atoms with van der Waals surface area (Å²) in [6.07, 6.45) is 0. The Labute approximate surface area is 156 Å². The van der Waals surface area contributed by atoms with Crippen molar-refractivity contribution >= 4 is 34.2 Å². The summed E-state index contributed by atoms with van der Waals surface area (Å²) in [5.41, 5.74) is 5.56. The zero-order chi connectivity index (χ0) is 17.4. The molecule has 0 aliphatic heterocycles. The molecule has 0 spiro atoms. The van der Waals surface area contributed by atoms with Crippen LogP contribution in [0.2, 0.25) is 10.0 Å². The number of hydrogen-bond acceptors (Lipinski definition) is 1. The molecule has 0 saturated heterocycles. The fourth-order valence-corrected chi connectivity index (χ4v) is 3.24. The lowest BCUT2D eigenvalue weighted by atomic mass is 10.2. The van der Waals surface area contributed by atoms with Gasteiger partial charge in [0.2, 0.25) is 0 Å². The predicted octanol–water partition coefficient (Wildman–Crippen LogP) is 6.37. The molecule has 124 valence electrons. The third kappa shape index (κ3) is 3.28. The van der Waals surface area contributed by atoms with Crippen LogP contribution in [0.3, 0.4) is 0 Å². The maximum absolute atomic E-state index is 6.04. The first-order chi connectivity index (χ1) is 12.1. The van der Waals surface area contributed by atoms with Gasteiger partial charge in [0.1, 0.15) is 5.82 Å². The smallest absolute Gasteiger partial charge is 0.141 e. The summed E-state index contributed by atoms with van der Waals surface area (Å²) in [4.78, 5) is 4.86. The standard InChI is InChI=1S/C21H16Cl2N2/c1-14-2-11-19-20(12-14)25(13-15-3-7-17(22)8-4-15)21(24-19)16-5-9-18(23)10-6-16/h2-12H,13H2,1H3. The van der Waals surface area contributed by atoms with Crippen molar-refractivity contribution in [3.63, 3.8) is 0 Å². The van der Waals surface area contributed by atoms with Crippen LogP contribution < -0.4 is 0 Å². The molecule has 0 unspecified atom stereocenters. The summed E-state index contributed by atoms with van der Waals surface area (Å²) in [7, 11) is 0. The molecule has 0 atom stereocenters. The Morgan fingerprint density at radius 3 is 2.16 bits per heavy atom. The highest BCUT2D eigenvalue weighted by molar-refractivity contribution is 6.30. The Balaban J connectivity index is 1.89. The minimum absolute atomic E-state index is 0.722. The Bertz CT molecular complexity index is 1030. The minimum atomic E-state index is 0.722. The number of halogens is 2. The van der Waals surface area contributed by atoms with Crippen molar-refractivity contribution in [3.05, 3.63) is 87.9 Å². The summed E-state index contributed by atoms with van der Waals surface area (Å²) in [6, 6.07) is 22.1. The van der Waals surface area contributed by atoms with Crippen molar-refractivity contribution in [3.8, 4) is 11.4 Å². The molecule has 0 saturated carbocycles. The molecule has 0 bridgehead atoms. The normalized spacial score (nSPS) is 11.2. The monoisotopic (exact) mass is 366 g/mol. The first-order valence-corrected chi connectivity index (χ1v) is 8.83. The maximum atomic E-state index is 6.04. The Hall–Kier alpha value is -2.29. The average molecular weight is 367 g/mol. The molecule has 4 aromatic rings. The van der Waals surface area contributed by atoms with Gasteiger partial charge in [0.05, 0.1) is 11.0 Å². The van der Waals surface area contributed by atoms with E-state index < -0.39 is 0 Å². The number of aryl methyl sites for hydroxylation is 1. The quantitative estimate of drug-likeness (QED) is 0.412. The summed E-state index contributed by atoms with van der Waals surface area (Å²) in [5.74, 6) is 0.937. The lowest BCUT2D eigenvalue weighted by Gasteiger charge is -2.10. The molecule has 0 aliphatic rings. The molecule has 25 heavy (non-hydrogen) atoms. The van der Waals surface area contributed by atoms with Crippen LogP contribution in [-0.2, 0) is 6.54 Å². The van der Waals surface area contributed by atoms with Crippen LogP contribution >= 0.6 is 23.2 Å². The van der Waals surface area contributed by atoms with Crippen LogP contribution in [-0.4, -0.2) is 9.55 Å². The van der Waals surface area contributed by atoms with Gasteiger partial charge in [-0.05, 0) is 66.6 Å². The van der Waals surface area contributed by atoms with E-state index in [9.17, 15) is 0 Å². The third-order valence-electron chi connectivity index (χ3n) is 4.26. The second kappa shape index (κ2) is 6.55. The predicted molar refractivity (Wildman–Crippen MR) is 105 cm³/mol. The molecule has 3 aromatic carbocycles. The van der Waals surface area contributed by atoms with E-state index in [-0.39, 0.29) is 0 Å². The van der Waals surface area contributed by atoms with E-state index in [1.165, 1.54) is 11.1 Å². The Kier molecular flexibility index (Phi) is 4.24. The molecule has 0 N–H and O–H groups in total. The molecule has 0 amide bonds. The van der Waals surface area contributed by atoms with Gasteiger partial charge in [-0.3, -0.25) is 0 Å². The van der Waals surface area contributed by atoms with Gasteiger partial charge in [0.25, 0.3) is 0 Å². The second-order valence-corrected chi connectivity index (χ2v) is 7.02. The minimum Gasteiger partial charge on any atom is -0.319 e. The van der Waals surface area contributed by atoms with Crippen molar-refractivity contribution in [2.45, 2.75) is 13.5 Å². The van der Waals surface area contributed by atoms with E-state index >= 15 is 0 Å². The Morgan fingerprint density at radius 2 is 1.48 bits per heavy atom. The van der Waals surface area contributed by atoms with E-state index in [1.807, 2.05) is 36.4 Å². The van der Waals surface area contributed by atoms with Gasteiger partial charge in [0.15, 0.2) is 0 Å². The highest BCUT2D eigenvalue weighted by Crippen LogP contribution is 2.28. The third-order valence-corrected chi connectivity index (χ3v) is 4.76. The number of nitrogens with zero attached hydrogens (tertiary/aromatic N) is 2. The fraction of sp³-hybridized carbons (Fsp3) is 0.0952. The van der Waals surface area contributed by atoms with Crippen LogP contribution in [0.25, 0.3) is 22.4 Å². The highest BCUT2D eigenvalue weighted by atomic mass is 35.5. The molecule has 0 fully saturated rings. The van der Waals surface area contributed by atoms with Gasteiger partial charge in [-0.15, -0.1) is 0 Å². The largest absolute Gasteiger partial charge is 0.319 e. The maximum Gasteiger partial charge on any atom is 0.141 e. The first kappa shape index (κ1) is 16.2. The second-order valence-electron chi connectivity index (χ2n) is 6.15. The highest BCUT2D eigenvalue weighted by Gasteiger charge is 2.13. The molecule has 4 heteroatoms. The van der Waals surface area contributed by atoms with E-state index in [0.717, 1.165) is 39.0 Å². The number of benzene rings is 3. The van der Waals surface area contributed by atoms with E-state index in [1.54, 1.807) is 0 Å². The number of aromatic nitrogens is 2. The molecule has 2 nitrogen and oxygen atoms in total. The van der Waals surface area contributed by atoms with Gasteiger partial charge in [-0.2, -0.15) is 0 Å². The molecular formula is C21H16Cl2N2. The summed E-state index contributed by atoms with van der Waals surface area (Å²) < 4.78 is 2.24. The number of rotatable bonds is 3. The van der Waals surface area contributed by atoms with Crippen molar-refractivity contribution in [1.29, 1.82) is 0 Å². The van der Waals surface area contributed by atoms with E-state index in [2.05, 4.69) is 41.8 Å². The molecule has 4 rings (SSSR count). The zero-order valence-corrected chi connectivity index (χ0v) is 15.2. The van der Waals surface area contributed by atoms with Crippen LogP contribution in [0.4, 0.5) is 0 Å². The lowest BCUT2D eigenvalue weighted by Crippen LogP contribution is -2.02. The van der Waals surface area contributed by atoms with Crippen LogP contribution in [0.15, 0.2) is 66.7 Å². The topological polar surface area (TPSA) is 17.8 Å². The van der Waals surface area contributed by atoms with Crippen LogP contribution in [0.5, 0.6) is 0 Å². The first-order valence-electron chi connectivity index (χ1n) is 8.07. The Morgan fingerprint density at radius 1 is 0.840 bits per heavy atom. The van der Waals surface area contributed by atoms with Gasteiger partial charge >= 0.3 is 0 Å². The SMILES string of the molecule is Cc1ccc2nc(-c3ccc(Cl)cc3)n(Cc3ccc(Cl)cc3)c2c1. The van der Waals surface area contributed by atoms with Crippen molar-refractivity contribution < 1.29 is 0 Å². The van der Waals surface area contributed by atoms with Gasteiger partial charge in [-0.1, -0.05) is 41.4 Å². The van der Waals surface area contributed by atoms with Gasteiger partial charge in [-0.25, -0.2) is 4.98 Å². The zero-order valence-electron chi connectivity index (χ0n) is 13.7. The lowest BCUT2D eigenvalue weighted by molar-refractivity contribution is 0.834. The number of fused-ring (bicyclic) bond motifs is 1. The van der Waals surface area contributed by atoms with Crippen molar-refractivity contribution in [2.75, 3.05) is 0 Å². The van der Waals surface area contributed by atoms with E-state index in [0.29, 0.717) is 0 Å². The molecule has 0 radical (unpaired) electrons. The van der Waals surface area contributed by atoms with Crippen LogP contribution in [0, 0.1) is 6.92 Å².